The normalized spacial score (nSPS) is 19.8. The second-order valence-electron chi connectivity index (χ2n) is 9.08. The van der Waals surface area contributed by atoms with Gasteiger partial charge in [0.05, 0.1) is 7.11 Å². The topological polar surface area (TPSA) is 51.4 Å². The summed E-state index contributed by atoms with van der Waals surface area (Å²) in [6.45, 7) is 0. The van der Waals surface area contributed by atoms with Crippen molar-refractivity contribution in [2.24, 2.45) is 11.8 Å². The Balaban J connectivity index is 1.32. The zero-order valence-corrected chi connectivity index (χ0v) is 19.1. The van der Waals surface area contributed by atoms with Crippen molar-refractivity contribution in [3.63, 3.8) is 0 Å². The number of hydrogen-bond acceptors (Lipinski definition) is 5. The fourth-order valence-corrected chi connectivity index (χ4v) is 5.01. The molecule has 0 spiro atoms. The minimum absolute atomic E-state index is 0.162. The maximum absolute atomic E-state index is 13.8. The number of halogens is 1. The van der Waals surface area contributed by atoms with E-state index in [1.54, 1.807) is 13.2 Å². The van der Waals surface area contributed by atoms with E-state index in [2.05, 4.69) is 29.1 Å². The van der Waals surface area contributed by atoms with E-state index in [9.17, 15) is 4.39 Å². The van der Waals surface area contributed by atoms with Gasteiger partial charge in [-0.25, -0.2) is 4.39 Å². The van der Waals surface area contributed by atoms with E-state index >= 15 is 0 Å². The number of aromatic nitrogens is 2. The highest BCUT2D eigenvalue weighted by Crippen LogP contribution is 2.40. The molecule has 1 saturated carbocycles. The Kier molecular flexibility index (Phi) is 7.20. The molecule has 1 atom stereocenters. The highest BCUT2D eigenvalue weighted by molar-refractivity contribution is 5.28. The molecule has 0 amide bonds. The van der Waals surface area contributed by atoms with Crippen LogP contribution in [-0.2, 0) is 12.8 Å². The van der Waals surface area contributed by atoms with Crippen LogP contribution in [0.4, 0.5) is 4.39 Å². The molecule has 170 valence electrons. The minimum Gasteiger partial charge on any atom is -0.497 e. The fourth-order valence-electron chi connectivity index (χ4n) is 5.01. The van der Waals surface area contributed by atoms with Gasteiger partial charge in [-0.2, -0.15) is 4.98 Å². The summed E-state index contributed by atoms with van der Waals surface area (Å²) in [7, 11) is 5.84. The lowest BCUT2D eigenvalue weighted by atomic mass is 9.75. The molecule has 1 unspecified atom stereocenters. The monoisotopic (exact) mass is 437 g/mol. The molecule has 32 heavy (non-hydrogen) atoms. The van der Waals surface area contributed by atoms with Gasteiger partial charge in [0.15, 0.2) is 5.82 Å². The van der Waals surface area contributed by atoms with Gasteiger partial charge in [-0.15, -0.1) is 0 Å². The Labute approximate surface area is 189 Å². The molecule has 1 fully saturated rings. The number of nitrogens with zero attached hydrogens (tertiary/aromatic N) is 3. The summed E-state index contributed by atoms with van der Waals surface area (Å²) < 4.78 is 24.5. The van der Waals surface area contributed by atoms with Crippen LogP contribution < -0.4 is 4.74 Å². The number of methoxy groups -OCH3 is 1. The SMILES string of the molecule is COc1ccc(Cc2noc(CC3CCC(C(c4cccc(F)c4)N(C)C)CC3)n2)cc1. The lowest BCUT2D eigenvalue weighted by Crippen LogP contribution is -2.30. The van der Waals surface area contributed by atoms with Crippen molar-refractivity contribution in [1.82, 2.24) is 15.0 Å². The van der Waals surface area contributed by atoms with Crippen molar-refractivity contribution in [3.8, 4) is 5.75 Å². The summed E-state index contributed by atoms with van der Waals surface area (Å²) >= 11 is 0. The maximum Gasteiger partial charge on any atom is 0.226 e. The molecule has 1 aliphatic rings. The standard InChI is InChI=1S/C26H32FN3O2/c1-30(2)26(21-5-4-6-22(27)17-21)20-11-7-19(8-12-20)16-25-28-24(29-32-25)15-18-9-13-23(31-3)14-10-18/h4-6,9-10,13-14,17,19-20,26H,7-8,11-12,15-16H2,1-3H3. The predicted octanol–water partition coefficient (Wildman–Crippen LogP) is 5.46. The molecular weight excluding hydrogens is 405 g/mol. The van der Waals surface area contributed by atoms with E-state index in [1.807, 2.05) is 36.4 Å². The van der Waals surface area contributed by atoms with Crippen LogP contribution >= 0.6 is 0 Å². The average Bonchev–Trinajstić information content (AvgIpc) is 3.22. The third-order valence-electron chi connectivity index (χ3n) is 6.58. The quantitative estimate of drug-likeness (QED) is 0.468. The molecule has 1 heterocycles. The van der Waals surface area contributed by atoms with E-state index in [4.69, 9.17) is 9.26 Å². The highest BCUT2D eigenvalue weighted by Gasteiger charge is 2.31. The average molecular weight is 438 g/mol. The highest BCUT2D eigenvalue weighted by atomic mass is 19.1. The molecule has 4 rings (SSSR count). The van der Waals surface area contributed by atoms with Crippen LogP contribution in [0.15, 0.2) is 53.1 Å². The second kappa shape index (κ2) is 10.3. The minimum atomic E-state index is -0.162. The first kappa shape index (κ1) is 22.5. The van der Waals surface area contributed by atoms with Crippen LogP contribution in [0.1, 0.15) is 54.6 Å². The van der Waals surface area contributed by atoms with E-state index in [-0.39, 0.29) is 11.9 Å². The third kappa shape index (κ3) is 5.54. The first-order chi connectivity index (χ1) is 15.5. The van der Waals surface area contributed by atoms with Crippen LogP contribution in [0, 0.1) is 17.7 Å². The predicted molar refractivity (Wildman–Crippen MR) is 122 cm³/mol. The summed E-state index contributed by atoms with van der Waals surface area (Å²) in [6.07, 6.45) is 5.97. The van der Waals surface area contributed by atoms with Gasteiger partial charge in [0.1, 0.15) is 11.6 Å². The van der Waals surface area contributed by atoms with E-state index < -0.39 is 0 Å². The summed E-state index contributed by atoms with van der Waals surface area (Å²) in [5.41, 5.74) is 2.20. The molecule has 1 aromatic heterocycles. The van der Waals surface area contributed by atoms with Gasteiger partial charge in [0.2, 0.25) is 5.89 Å². The van der Waals surface area contributed by atoms with Gasteiger partial charge in [-0.1, -0.05) is 29.4 Å². The second-order valence-corrected chi connectivity index (χ2v) is 9.08. The molecular formula is C26H32FN3O2. The zero-order chi connectivity index (χ0) is 22.5. The van der Waals surface area contributed by atoms with Crippen LogP contribution in [0.25, 0.3) is 0 Å². The molecule has 0 bridgehead atoms. The Morgan fingerprint density at radius 2 is 1.84 bits per heavy atom. The van der Waals surface area contributed by atoms with Gasteiger partial charge in [-0.3, -0.25) is 0 Å². The molecule has 0 aliphatic heterocycles. The summed E-state index contributed by atoms with van der Waals surface area (Å²) in [4.78, 5) is 6.85. The summed E-state index contributed by atoms with van der Waals surface area (Å²) in [5.74, 6) is 3.20. The number of benzene rings is 2. The van der Waals surface area contributed by atoms with Crippen LogP contribution in [-0.4, -0.2) is 36.2 Å². The van der Waals surface area contributed by atoms with Crippen molar-refractivity contribution >= 4 is 0 Å². The number of hydrogen-bond donors (Lipinski definition) is 0. The molecule has 0 saturated heterocycles. The molecule has 0 radical (unpaired) electrons. The Hall–Kier alpha value is -2.73. The molecule has 0 N–H and O–H groups in total. The Morgan fingerprint density at radius 3 is 2.50 bits per heavy atom. The third-order valence-corrected chi connectivity index (χ3v) is 6.58. The van der Waals surface area contributed by atoms with Crippen LogP contribution in [0.5, 0.6) is 5.75 Å². The Bertz CT molecular complexity index is 994. The molecule has 6 heteroatoms. The fraction of sp³-hybridized carbons (Fsp3) is 0.462. The first-order valence-corrected chi connectivity index (χ1v) is 11.4. The molecule has 3 aromatic rings. The summed E-state index contributed by atoms with van der Waals surface area (Å²) in [5, 5.41) is 4.17. The van der Waals surface area contributed by atoms with E-state index in [0.29, 0.717) is 18.3 Å². The van der Waals surface area contributed by atoms with E-state index in [1.165, 1.54) is 6.07 Å². The van der Waals surface area contributed by atoms with Crippen molar-refractivity contribution in [2.45, 2.75) is 44.6 Å². The first-order valence-electron chi connectivity index (χ1n) is 11.4. The van der Waals surface area contributed by atoms with Gasteiger partial charge in [0, 0.05) is 18.9 Å². The molecule has 2 aromatic carbocycles. The van der Waals surface area contributed by atoms with Crippen molar-refractivity contribution < 1.29 is 13.7 Å². The molecule has 1 aliphatic carbocycles. The number of rotatable bonds is 8. The Morgan fingerprint density at radius 1 is 1.09 bits per heavy atom. The van der Waals surface area contributed by atoms with Crippen molar-refractivity contribution in [3.05, 3.63) is 77.2 Å². The van der Waals surface area contributed by atoms with Crippen molar-refractivity contribution in [2.75, 3.05) is 21.2 Å². The van der Waals surface area contributed by atoms with Gasteiger partial charge < -0.3 is 14.2 Å². The van der Waals surface area contributed by atoms with Gasteiger partial charge in [0.25, 0.3) is 0 Å². The molecule has 5 nitrogen and oxygen atoms in total. The smallest absolute Gasteiger partial charge is 0.226 e. The van der Waals surface area contributed by atoms with Crippen LogP contribution in [0.3, 0.4) is 0 Å². The summed E-state index contributed by atoms with van der Waals surface area (Å²) in [6, 6.07) is 15.2. The number of ether oxygens (including phenoxy) is 1. The lowest BCUT2D eigenvalue weighted by molar-refractivity contribution is 0.145. The van der Waals surface area contributed by atoms with Crippen molar-refractivity contribution in [1.29, 1.82) is 0 Å². The van der Waals surface area contributed by atoms with Gasteiger partial charge in [-0.05, 0) is 87.0 Å². The van der Waals surface area contributed by atoms with Gasteiger partial charge >= 0.3 is 0 Å². The largest absolute Gasteiger partial charge is 0.497 e. The lowest BCUT2D eigenvalue weighted by Gasteiger charge is -2.37. The van der Waals surface area contributed by atoms with E-state index in [0.717, 1.165) is 60.7 Å². The zero-order valence-electron chi connectivity index (χ0n) is 19.1. The maximum atomic E-state index is 13.8. The van der Waals surface area contributed by atoms with Crippen LogP contribution in [0.2, 0.25) is 0 Å².